The monoisotopic (exact) mass is 426 g/mol. The van der Waals surface area contributed by atoms with Gasteiger partial charge in [0, 0.05) is 41.1 Å². The maximum atomic E-state index is 14.7. The summed E-state index contributed by atoms with van der Waals surface area (Å²) in [7, 11) is 0. The fourth-order valence-electron chi connectivity index (χ4n) is 4.36. The summed E-state index contributed by atoms with van der Waals surface area (Å²) >= 11 is 1.57. The van der Waals surface area contributed by atoms with Crippen LogP contribution in [0.4, 0.5) is 4.39 Å². The number of thiazole rings is 1. The Kier molecular flexibility index (Phi) is 5.12. The number of hydrogen-bond donors (Lipinski definition) is 2. The van der Waals surface area contributed by atoms with Crippen molar-refractivity contribution in [1.82, 2.24) is 20.5 Å². The number of nitrogens with one attached hydrogen (secondary N) is 1. The highest BCUT2D eigenvalue weighted by Gasteiger charge is 2.41. The van der Waals surface area contributed by atoms with E-state index in [4.69, 9.17) is 4.74 Å². The maximum Gasteiger partial charge on any atom is 0.233 e. The number of rotatable bonds is 4. The van der Waals surface area contributed by atoms with Crippen molar-refractivity contribution in [3.05, 3.63) is 40.7 Å². The summed E-state index contributed by atoms with van der Waals surface area (Å²) in [6, 6.07) is 8.98. The van der Waals surface area contributed by atoms with Crippen molar-refractivity contribution < 1.29 is 14.2 Å². The molecular formula is C22H23FN4O2S. The molecular weight excluding hydrogens is 403 g/mol. The molecule has 8 heteroatoms. The Balaban J connectivity index is 1.31. The molecule has 30 heavy (non-hydrogen) atoms. The fraction of sp³-hybridized carbons (Fsp3) is 0.409. The van der Waals surface area contributed by atoms with E-state index in [0.717, 1.165) is 35.5 Å². The molecule has 2 saturated heterocycles. The van der Waals surface area contributed by atoms with Crippen molar-refractivity contribution >= 4 is 11.3 Å². The lowest BCUT2D eigenvalue weighted by Gasteiger charge is -2.42. The third-order valence-electron chi connectivity index (χ3n) is 5.87. The normalized spacial score (nSPS) is 25.8. The molecule has 2 aliphatic heterocycles. The Bertz CT molecular complexity index is 1040. The molecule has 4 heterocycles. The number of halogens is 1. The van der Waals surface area contributed by atoms with E-state index in [1.807, 2.05) is 18.4 Å². The number of phenols is 1. The summed E-state index contributed by atoms with van der Waals surface area (Å²) in [5.41, 5.74) is 2.78. The summed E-state index contributed by atoms with van der Waals surface area (Å²) < 4.78 is 20.6. The van der Waals surface area contributed by atoms with Crippen molar-refractivity contribution in [2.75, 3.05) is 0 Å². The second-order valence-electron chi connectivity index (χ2n) is 7.98. The lowest BCUT2D eigenvalue weighted by Crippen LogP contribution is -2.59. The van der Waals surface area contributed by atoms with Gasteiger partial charge in [-0.15, -0.1) is 21.5 Å². The number of nitrogens with zero attached hydrogens (tertiary/aromatic N) is 3. The van der Waals surface area contributed by atoms with Crippen LogP contribution < -0.4 is 10.1 Å². The first-order chi connectivity index (χ1) is 14.6. The van der Waals surface area contributed by atoms with E-state index in [9.17, 15) is 9.50 Å². The minimum atomic E-state index is -1.05. The number of piperidine rings is 2. The summed E-state index contributed by atoms with van der Waals surface area (Å²) in [6.45, 7) is 1.95. The van der Waals surface area contributed by atoms with Crippen LogP contribution in [-0.2, 0) is 0 Å². The molecule has 0 amide bonds. The smallest absolute Gasteiger partial charge is 0.233 e. The first kappa shape index (κ1) is 19.4. The second-order valence-corrected chi connectivity index (χ2v) is 9.04. The van der Waals surface area contributed by atoms with Crippen LogP contribution in [0.2, 0.25) is 0 Å². The Morgan fingerprint density at radius 3 is 2.80 bits per heavy atom. The number of fused-ring (bicyclic) bond motifs is 2. The Hall–Kier alpha value is -2.58. The average molecular weight is 427 g/mol. The second kappa shape index (κ2) is 7.92. The van der Waals surface area contributed by atoms with Crippen molar-refractivity contribution in [3.63, 3.8) is 0 Å². The van der Waals surface area contributed by atoms with Gasteiger partial charge in [-0.25, -0.2) is 9.37 Å². The predicted molar refractivity (Wildman–Crippen MR) is 113 cm³/mol. The highest BCUT2D eigenvalue weighted by molar-refractivity contribution is 7.09. The van der Waals surface area contributed by atoms with E-state index < -0.39 is 12.3 Å². The molecule has 2 N–H and O–H groups in total. The predicted octanol–water partition coefficient (Wildman–Crippen LogP) is 4.28. The number of hydrogen-bond acceptors (Lipinski definition) is 7. The van der Waals surface area contributed by atoms with E-state index in [-0.39, 0.29) is 11.8 Å². The van der Waals surface area contributed by atoms with Gasteiger partial charge >= 0.3 is 0 Å². The van der Waals surface area contributed by atoms with Gasteiger partial charge in [0.2, 0.25) is 5.88 Å². The number of alkyl halides is 1. The molecule has 2 fully saturated rings. The van der Waals surface area contributed by atoms with Gasteiger partial charge in [-0.3, -0.25) is 0 Å². The maximum absolute atomic E-state index is 14.7. The van der Waals surface area contributed by atoms with Crippen LogP contribution in [0.25, 0.3) is 22.5 Å². The number of aromatic hydroxyl groups is 1. The van der Waals surface area contributed by atoms with Gasteiger partial charge in [0.1, 0.15) is 11.9 Å². The van der Waals surface area contributed by atoms with Crippen molar-refractivity contribution in [3.8, 4) is 34.1 Å². The first-order valence-electron chi connectivity index (χ1n) is 10.2. The van der Waals surface area contributed by atoms with Gasteiger partial charge in [0.05, 0.1) is 16.4 Å². The van der Waals surface area contributed by atoms with Gasteiger partial charge in [-0.1, -0.05) is 12.5 Å². The van der Waals surface area contributed by atoms with Gasteiger partial charge in [0.25, 0.3) is 0 Å². The topological polar surface area (TPSA) is 80.2 Å². The number of ether oxygens (including phenoxy) is 1. The molecule has 3 aromatic rings. The third kappa shape index (κ3) is 3.77. The number of benzene rings is 1. The van der Waals surface area contributed by atoms with E-state index in [1.54, 1.807) is 35.6 Å². The van der Waals surface area contributed by atoms with Crippen molar-refractivity contribution in [2.24, 2.45) is 0 Å². The molecule has 2 bridgehead atoms. The highest BCUT2D eigenvalue weighted by atomic mass is 32.1. The van der Waals surface area contributed by atoms with E-state index in [2.05, 4.69) is 20.5 Å². The van der Waals surface area contributed by atoms with Crippen LogP contribution in [0.15, 0.2) is 35.7 Å². The molecule has 5 rings (SSSR count). The molecule has 4 atom stereocenters. The summed E-state index contributed by atoms with van der Waals surface area (Å²) in [4.78, 5) is 4.45. The van der Waals surface area contributed by atoms with Crippen molar-refractivity contribution in [1.29, 1.82) is 0 Å². The Morgan fingerprint density at radius 2 is 2.07 bits per heavy atom. The van der Waals surface area contributed by atoms with Gasteiger partial charge in [0.15, 0.2) is 6.17 Å². The summed E-state index contributed by atoms with van der Waals surface area (Å²) in [6.07, 6.45) is 2.06. The Morgan fingerprint density at radius 1 is 1.17 bits per heavy atom. The van der Waals surface area contributed by atoms with Crippen LogP contribution >= 0.6 is 11.3 Å². The minimum absolute atomic E-state index is 0.108. The zero-order valence-electron chi connectivity index (χ0n) is 16.6. The molecule has 0 spiro atoms. The fourth-order valence-corrected chi connectivity index (χ4v) is 4.98. The molecule has 6 nitrogen and oxygen atoms in total. The standard InChI is InChI=1S/C22H23FN4O2S/c1-12-24-18(11-30-12)13-5-6-15(19(28)9-13)16-7-8-21(27-26-16)29-20-10-14-3-2-4-17(25-14)22(20)23/h5-9,11,14,17,20,22,25,28H,2-4,10H2,1H3/t14-,17+,20-,22+/m1/s1. The first-order valence-corrected chi connectivity index (χ1v) is 11.1. The SMILES string of the molecule is Cc1nc(-c2ccc(-c3ccc(O[C@@H]4C[C@H]5CCC[C@H](N5)[C@@H]4F)nn3)c(O)c2)cs1. The van der Waals surface area contributed by atoms with Crippen LogP contribution in [0.5, 0.6) is 11.6 Å². The molecule has 0 saturated carbocycles. The van der Waals surface area contributed by atoms with E-state index in [0.29, 0.717) is 29.6 Å². The molecule has 156 valence electrons. The average Bonchev–Trinajstić information content (AvgIpc) is 3.19. The quantitative estimate of drug-likeness (QED) is 0.648. The Labute approximate surface area is 178 Å². The number of phenolic OH excluding ortho intramolecular Hbond substituents is 1. The van der Waals surface area contributed by atoms with Crippen molar-refractivity contribution in [2.45, 2.75) is 57.0 Å². The molecule has 0 aliphatic carbocycles. The number of aryl methyl sites for hydroxylation is 1. The van der Waals surface area contributed by atoms with E-state index >= 15 is 0 Å². The largest absolute Gasteiger partial charge is 0.507 e. The lowest BCUT2D eigenvalue weighted by molar-refractivity contribution is 0.00652. The molecule has 0 unspecified atom stereocenters. The van der Waals surface area contributed by atoms with Gasteiger partial charge in [-0.05, 0) is 38.0 Å². The number of aromatic nitrogens is 3. The highest BCUT2D eigenvalue weighted by Crippen LogP contribution is 2.34. The minimum Gasteiger partial charge on any atom is -0.507 e. The zero-order chi connectivity index (χ0) is 20.7. The lowest BCUT2D eigenvalue weighted by atomic mass is 9.84. The summed E-state index contributed by atoms with van der Waals surface area (Å²) in [5.74, 6) is 0.413. The van der Waals surface area contributed by atoms with Gasteiger partial charge < -0.3 is 15.2 Å². The zero-order valence-corrected chi connectivity index (χ0v) is 17.4. The molecule has 2 aliphatic rings. The molecule has 2 aromatic heterocycles. The van der Waals surface area contributed by atoms with Crippen LogP contribution in [-0.4, -0.2) is 44.6 Å². The van der Waals surface area contributed by atoms with Crippen LogP contribution in [0, 0.1) is 6.92 Å². The van der Waals surface area contributed by atoms with E-state index in [1.165, 1.54) is 0 Å². The molecule has 1 aromatic carbocycles. The third-order valence-corrected chi connectivity index (χ3v) is 6.65. The molecule has 0 radical (unpaired) electrons. The van der Waals surface area contributed by atoms with Gasteiger partial charge in [-0.2, -0.15) is 0 Å². The van der Waals surface area contributed by atoms with Crippen LogP contribution in [0.3, 0.4) is 0 Å². The van der Waals surface area contributed by atoms with Crippen LogP contribution in [0.1, 0.15) is 30.7 Å². The summed E-state index contributed by atoms with van der Waals surface area (Å²) in [5, 5.41) is 25.1.